The van der Waals surface area contributed by atoms with Crippen molar-refractivity contribution in [1.29, 1.82) is 0 Å². The lowest BCUT2D eigenvalue weighted by Gasteiger charge is -2.18. The van der Waals surface area contributed by atoms with E-state index in [0.29, 0.717) is 17.0 Å². The fourth-order valence-electron chi connectivity index (χ4n) is 2.51. The predicted octanol–water partition coefficient (Wildman–Crippen LogP) is 4.22. The second kappa shape index (κ2) is 9.00. The van der Waals surface area contributed by atoms with Crippen LogP contribution in [0.4, 0.5) is 5.69 Å². The van der Waals surface area contributed by atoms with Crippen molar-refractivity contribution in [3.63, 3.8) is 0 Å². The molecule has 1 N–H and O–H groups in total. The van der Waals surface area contributed by atoms with Gasteiger partial charge in [0.05, 0.1) is 13.5 Å². The summed E-state index contributed by atoms with van der Waals surface area (Å²) in [5.74, 6) is -0.169. The summed E-state index contributed by atoms with van der Waals surface area (Å²) >= 11 is 1.48. The summed E-state index contributed by atoms with van der Waals surface area (Å²) in [5, 5.41) is 4.68. The highest BCUT2D eigenvalue weighted by molar-refractivity contribution is 7.10. The molecule has 1 amide bonds. The molecule has 0 aliphatic rings. The van der Waals surface area contributed by atoms with Crippen LogP contribution in [0.5, 0.6) is 5.75 Å². The molecule has 5 nitrogen and oxygen atoms in total. The van der Waals surface area contributed by atoms with Crippen molar-refractivity contribution >= 4 is 28.9 Å². The highest BCUT2D eigenvalue weighted by Gasteiger charge is 2.25. The molecule has 27 heavy (non-hydrogen) atoms. The van der Waals surface area contributed by atoms with Crippen LogP contribution in [0, 0.1) is 0 Å². The maximum absolute atomic E-state index is 12.8. The van der Waals surface area contributed by atoms with Crippen molar-refractivity contribution < 1.29 is 19.1 Å². The van der Waals surface area contributed by atoms with E-state index in [2.05, 4.69) is 5.32 Å². The Morgan fingerprint density at radius 2 is 1.74 bits per heavy atom. The van der Waals surface area contributed by atoms with E-state index in [-0.39, 0.29) is 6.42 Å². The van der Waals surface area contributed by atoms with Crippen LogP contribution in [0.25, 0.3) is 0 Å². The van der Waals surface area contributed by atoms with E-state index in [1.807, 2.05) is 23.6 Å². The zero-order chi connectivity index (χ0) is 19.1. The molecule has 0 aliphatic heterocycles. The molecule has 1 heterocycles. The molecule has 0 bridgehead atoms. The lowest BCUT2D eigenvalue weighted by Crippen LogP contribution is -2.26. The van der Waals surface area contributed by atoms with Crippen molar-refractivity contribution in [2.75, 3.05) is 12.4 Å². The van der Waals surface area contributed by atoms with Gasteiger partial charge in [-0.25, -0.2) is 0 Å². The van der Waals surface area contributed by atoms with Crippen molar-refractivity contribution in [1.82, 2.24) is 0 Å². The highest BCUT2D eigenvalue weighted by Crippen LogP contribution is 2.22. The number of ether oxygens (including phenoxy) is 2. The number of anilines is 1. The van der Waals surface area contributed by atoms with E-state index in [4.69, 9.17) is 9.47 Å². The van der Waals surface area contributed by atoms with E-state index in [0.717, 1.165) is 4.88 Å². The molecular formula is C21H19NO4S. The molecule has 0 fully saturated rings. The second-order valence-electron chi connectivity index (χ2n) is 5.75. The Morgan fingerprint density at radius 3 is 2.37 bits per heavy atom. The number of hydrogen-bond acceptors (Lipinski definition) is 5. The zero-order valence-corrected chi connectivity index (χ0v) is 15.6. The summed E-state index contributed by atoms with van der Waals surface area (Å²) in [5.41, 5.74) is 1.21. The Kier molecular flexibility index (Phi) is 6.22. The number of esters is 1. The number of amides is 1. The average molecular weight is 381 g/mol. The number of methoxy groups -OCH3 is 1. The van der Waals surface area contributed by atoms with Crippen LogP contribution >= 0.6 is 11.3 Å². The largest absolute Gasteiger partial charge is 0.497 e. The molecule has 138 valence electrons. The van der Waals surface area contributed by atoms with Crippen molar-refractivity contribution in [2.24, 2.45) is 0 Å². The molecule has 0 spiro atoms. The Balaban J connectivity index is 1.74. The lowest BCUT2D eigenvalue weighted by atomic mass is 10.1. The fraction of sp³-hybridized carbons (Fsp3) is 0.143. The van der Waals surface area contributed by atoms with Gasteiger partial charge in [0.1, 0.15) is 5.75 Å². The van der Waals surface area contributed by atoms with Gasteiger partial charge in [-0.3, -0.25) is 9.59 Å². The van der Waals surface area contributed by atoms with Gasteiger partial charge < -0.3 is 14.8 Å². The first kappa shape index (κ1) is 18.7. The summed E-state index contributed by atoms with van der Waals surface area (Å²) in [6.07, 6.45) is -0.891. The van der Waals surface area contributed by atoms with Gasteiger partial charge in [-0.15, -0.1) is 11.3 Å². The number of carbonyl (C=O) groups excluding carboxylic acids is 2. The molecule has 0 radical (unpaired) electrons. The quantitative estimate of drug-likeness (QED) is 0.622. The number of thiophene rings is 1. The summed E-state index contributed by atoms with van der Waals surface area (Å²) in [6.45, 7) is 0. The van der Waals surface area contributed by atoms with Crippen molar-refractivity contribution in [2.45, 2.75) is 12.5 Å². The number of benzene rings is 2. The number of carbonyl (C=O) groups is 2. The molecule has 3 aromatic rings. The first-order valence-corrected chi connectivity index (χ1v) is 9.25. The smallest absolute Gasteiger partial charge is 0.312 e. The first-order valence-electron chi connectivity index (χ1n) is 8.37. The second-order valence-corrected chi connectivity index (χ2v) is 6.79. The number of nitrogens with one attached hydrogen (secondary N) is 1. The molecule has 0 aliphatic carbocycles. The normalized spacial score (nSPS) is 11.4. The lowest BCUT2D eigenvalue weighted by molar-refractivity contribution is -0.154. The third-order valence-electron chi connectivity index (χ3n) is 3.85. The zero-order valence-electron chi connectivity index (χ0n) is 14.8. The minimum absolute atomic E-state index is 0.136. The molecular weight excluding hydrogens is 362 g/mol. The van der Waals surface area contributed by atoms with Gasteiger partial charge in [0.15, 0.2) is 0 Å². The molecule has 0 saturated carbocycles. The Bertz CT molecular complexity index is 876. The van der Waals surface area contributed by atoms with Crippen LogP contribution in [0.3, 0.4) is 0 Å². The van der Waals surface area contributed by atoms with E-state index < -0.39 is 18.0 Å². The third kappa shape index (κ3) is 5.18. The molecule has 2 aromatic carbocycles. The van der Waals surface area contributed by atoms with Gasteiger partial charge in [0.2, 0.25) is 6.10 Å². The molecule has 1 unspecified atom stereocenters. The average Bonchev–Trinajstić information content (AvgIpc) is 3.20. The summed E-state index contributed by atoms with van der Waals surface area (Å²) in [6, 6.07) is 19.7. The standard InChI is InChI=1S/C21H19NO4S/c1-25-17-11-9-16(10-12-17)22-21(24)20(15-6-3-2-4-7-15)26-19(23)14-18-8-5-13-27-18/h2-13,20H,14H2,1H3,(H,22,24). The summed E-state index contributed by atoms with van der Waals surface area (Å²) in [7, 11) is 1.58. The Morgan fingerprint density at radius 1 is 1.00 bits per heavy atom. The van der Waals surface area contributed by atoms with Crippen LogP contribution < -0.4 is 10.1 Å². The van der Waals surface area contributed by atoms with Crippen LogP contribution in [0.1, 0.15) is 16.5 Å². The van der Waals surface area contributed by atoms with Crippen LogP contribution in [0.2, 0.25) is 0 Å². The van der Waals surface area contributed by atoms with E-state index in [9.17, 15) is 9.59 Å². The molecule has 1 atom stereocenters. The number of hydrogen-bond donors (Lipinski definition) is 1. The topological polar surface area (TPSA) is 64.6 Å². The predicted molar refractivity (Wildman–Crippen MR) is 105 cm³/mol. The van der Waals surface area contributed by atoms with Gasteiger partial charge in [-0.05, 0) is 35.7 Å². The summed E-state index contributed by atoms with van der Waals surface area (Å²) in [4.78, 5) is 26.0. The Labute approximate surface area is 161 Å². The van der Waals surface area contributed by atoms with Gasteiger partial charge in [-0.2, -0.15) is 0 Å². The Hall–Kier alpha value is -3.12. The van der Waals surface area contributed by atoms with Crippen molar-refractivity contribution in [3.8, 4) is 5.75 Å². The SMILES string of the molecule is COc1ccc(NC(=O)C(OC(=O)Cc2cccs2)c2ccccc2)cc1. The van der Waals surface area contributed by atoms with Gasteiger partial charge in [0, 0.05) is 16.1 Å². The molecule has 0 saturated heterocycles. The molecule has 1 aromatic heterocycles. The molecule has 3 rings (SSSR count). The molecule has 6 heteroatoms. The summed E-state index contributed by atoms with van der Waals surface area (Å²) < 4.78 is 10.6. The van der Waals surface area contributed by atoms with Crippen molar-refractivity contribution in [3.05, 3.63) is 82.6 Å². The van der Waals surface area contributed by atoms with E-state index in [1.165, 1.54) is 11.3 Å². The number of rotatable bonds is 7. The fourth-order valence-corrected chi connectivity index (χ4v) is 3.20. The first-order chi connectivity index (χ1) is 13.2. The van der Waals surface area contributed by atoms with Crippen LogP contribution in [0.15, 0.2) is 72.1 Å². The van der Waals surface area contributed by atoms with Crippen LogP contribution in [-0.2, 0) is 20.7 Å². The minimum Gasteiger partial charge on any atom is -0.497 e. The van der Waals surface area contributed by atoms with E-state index in [1.54, 1.807) is 55.6 Å². The van der Waals surface area contributed by atoms with Crippen LogP contribution in [-0.4, -0.2) is 19.0 Å². The van der Waals surface area contributed by atoms with Gasteiger partial charge >= 0.3 is 5.97 Å². The van der Waals surface area contributed by atoms with Gasteiger partial charge in [0.25, 0.3) is 5.91 Å². The highest BCUT2D eigenvalue weighted by atomic mass is 32.1. The third-order valence-corrected chi connectivity index (χ3v) is 4.72. The monoisotopic (exact) mass is 381 g/mol. The maximum atomic E-state index is 12.8. The minimum atomic E-state index is -1.03. The maximum Gasteiger partial charge on any atom is 0.312 e. The van der Waals surface area contributed by atoms with Gasteiger partial charge in [-0.1, -0.05) is 36.4 Å². The van der Waals surface area contributed by atoms with E-state index >= 15 is 0 Å².